The lowest BCUT2D eigenvalue weighted by Crippen LogP contribution is -2.21. The molecule has 0 amide bonds. The van der Waals surface area contributed by atoms with Gasteiger partial charge in [-0.3, -0.25) is 4.57 Å². The van der Waals surface area contributed by atoms with Gasteiger partial charge in [0, 0.05) is 14.1 Å². The van der Waals surface area contributed by atoms with Crippen LogP contribution in [-0.4, -0.2) is 21.2 Å². The lowest BCUT2D eigenvalue weighted by Gasteiger charge is -2.03. The summed E-state index contributed by atoms with van der Waals surface area (Å²) in [5.41, 5.74) is 2.58. The lowest BCUT2D eigenvalue weighted by molar-refractivity contribution is 0.834. The molecular weight excluding hydrogens is 240 g/mol. The number of fused-ring (bicyclic) bond motifs is 1. The van der Waals surface area contributed by atoms with Crippen LogP contribution in [0.2, 0.25) is 0 Å². The number of para-hydroxylation sites is 2. The lowest BCUT2D eigenvalue weighted by atomic mass is 10.3. The molecule has 19 heavy (non-hydrogen) atoms. The van der Waals surface area contributed by atoms with Crippen molar-refractivity contribution < 1.29 is 0 Å². The third kappa shape index (κ3) is 1.71. The zero-order chi connectivity index (χ0) is 13.4. The Kier molecular flexibility index (Phi) is 2.59. The Hall–Kier alpha value is -2.56. The zero-order valence-corrected chi connectivity index (χ0v) is 10.8. The van der Waals surface area contributed by atoms with E-state index in [-0.39, 0.29) is 5.69 Å². The van der Waals surface area contributed by atoms with Crippen molar-refractivity contribution in [2.75, 3.05) is 12.4 Å². The second-order valence-electron chi connectivity index (χ2n) is 4.32. The average molecular weight is 254 g/mol. The molecule has 2 aromatic heterocycles. The van der Waals surface area contributed by atoms with Gasteiger partial charge in [0.15, 0.2) is 0 Å². The SMILES string of the molecule is CNc1ccc(-n2c(=O)n(C)c3ccccc32)nc1. The molecule has 1 N–H and O–H groups in total. The molecule has 0 radical (unpaired) electrons. The molecule has 2 heterocycles. The summed E-state index contributed by atoms with van der Waals surface area (Å²) < 4.78 is 3.25. The number of hydrogen-bond donors (Lipinski definition) is 1. The van der Waals surface area contributed by atoms with Gasteiger partial charge in [-0.05, 0) is 24.3 Å². The predicted octanol–water partition coefficient (Wildman–Crippen LogP) is 1.77. The highest BCUT2D eigenvalue weighted by molar-refractivity contribution is 5.77. The van der Waals surface area contributed by atoms with Gasteiger partial charge in [-0.2, -0.15) is 0 Å². The number of pyridine rings is 1. The standard InChI is InChI=1S/C14H14N4O/c1-15-10-7-8-13(16-9-10)18-12-6-4-3-5-11(12)17(2)14(18)19/h3-9,15H,1-2H3. The molecule has 3 aromatic rings. The van der Waals surface area contributed by atoms with Crippen LogP contribution in [0.4, 0.5) is 5.69 Å². The number of benzene rings is 1. The molecule has 96 valence electrons. The minimum atomic E-state index is -0.0918. The van der Waals surface area contributed by atoms with Crippen LogP contribution in [0.3, 0.4) is 0 Å². The molecule has 0 bridgehead atoms. The van der Waals surface area contributed by atoms with E-state index < -0.39 is 0 Å². The summed E-state index contributed by atoms with van der Waals surface area (Å²) in [5.74, 6) is 0.626. The minimum Gasteiger partial charge on any atom is -0.387 e. The summed E-state index contributed by atoms with van der Waals surface area (Å²) in [6.45, 7) is 0. The maximum absolute atomic E-state index is 12.3. The largest absolute Gasteiger partial charge is 0.387 e. The van der Waals surface area contributed by atoms with Gasteiger partial charge in [0.05, 0.1) is 22.9 Å². The quantitative estimate of drug-likeness (QED) is 0.758. The van der Waals surface area contributed by atoms with Crippen LogP contribution in [0.5, 0.6) is 0 Å². The minimum absolute atomic E-state index is 0.0918. The van der Waals surface area contributed by atoms with Crippen LogP contribution in [0.1, 0.15) is 0 Å². The Bertz CT molecular complexity index is 783. The van der Waals surface area contributed by atoms with Crippen molar-refractivity contribution in [3.63, 3.8) is 0 Å². The smallest absolute Gasteiger partial charge is 0.334 e. The van der Waals surface area contributed by atoms with E-state index in [4.69, 9.17) is 0 Å². The number of hydrogen-bond acceptors (Lipinski definition) is 3. The monoisotopic (exact) mass is 254 g/mol. The predicted molar refractivity (Wildman–Crippen MR) is 75.9 cm³/mol. The van der Waals surface area contributed by atoms with Crippen molar-refractivity contribution in [2.45, 2.75) is 0 Å². The molecule has 5 heteroatoms. The van der Waals surface area contributed by atoms with Crippen molar-refractivity contribution in [2.24, 2.45) is 7.05 Å². The normalized spacial score (nSPS) is 10.8. The van der Waals surface area contributed by atoms with Gasteiger partial charge in [-0.25, -0.2) is 14.3 Å². The summed E-state index contributed by atoms with van der Waals surface area (Å²) in [4.78, 5) is 16.6. The summed E-state index contributed by atoms with van der Waals surface area (Å²) in [7, 11) is 3.60. The van der Waals surface area contributed by atoms with Crippen LogP contribution in [0, 0.1) is 0 Å². The Morgan fingerprint density at radius 2 is 1.84 bits per heavy atom. The van der Waals surface area contributed by atoms with E-state index in [1.807, 2.05) is 43.4 Å². The Labute approximate surface area is 110 Å². The van der Waals surface area contributed by atoms with E-state index in [1.165, 1.54) is 0 Å². The van der Waals surface area contributed by atoms with Gasteiger partial charge >= 0.3 is 5.69 Å². The molecule has 0 aliphatic heterocycles. The summed E-state index contributed by atoms with van der Waals surface area (Å²) in [6.07, 6.45) is 1.71. The highest BCUT2D eigenvalue weighted by Gasteiger charge is 2.12. The number of nitrogens with zero attached hydrogens (tertiary/aromatic N) is 3. The molecule has 3 rings (SSSR count). The van der Waals surface area contributed by atoms with Gasteiger partial charge in [-0.1, -0.05) is 12.1 Å². The number of anilines is 1. The fourth-order valence-electron chi connectivity index (χ4n) is 2.18. The Balaban J connectivity index is 2.29. The first kappa shape index (κ1) is 11.5. The molecule has 0 saturated carbocycles. The summed E-state index contributed by atoms with van der Waals surface area (Å²) in [5, 5.41) is 3.01. The molecule has 0 aliphatic rings. The fraction of sp³-hybridized carbons (Fsp3) is 0.143. The van der Waals surface area contributed by atoms with E-state index in [2.05, 4.69) is 10.3 Å². The molecule has 0 atom stereocenters. The van der Waals surface area contributed by atoms with Gasteiger partial charge in [0.2, 0.25) is 0 Å². The van der Waals surface area contributed by atoms with Crippen molar-refractivity contribution in [3.8, 4) is 5.82 Å². The molecular formula is C14H14N4O. The van der Waals surface area contributed by atoms with E-state index in [0.717, 1.165) is 16.7 Å². The van der Waals surface area contributed by atoms with Crippen LogP contribution in [0.15, 0.2) is 47.4 Å². The molecule has 0 aliphatic carbocycles. The third-order valence-electron chi connectivity index (χ3n) is 3.23. The first-order valence-corrected chi connectivity index (χ1v) is 6.03. The molecule has 0 unspecified atom stereocenters. The first-order valence-electron chi connectivity index (χ1n) is 6.03. The van der Waals surface area contributed by atoms with Crippen LogP contribution >= 0.6 is 0 Å². The highest BCUT2D eigenvalue weighted by atomic mass is 16.1. The van der Waals surface area contributed by atoms with Crippen molar-refractivity contribution in [3.05, 3.63) is 53.1 Å². The van der Waals surface area contributed by atoms with Crippen molar-refractivity contribution >= 4 is 16.7 Å². The van der Waals surface area contributed by atoms with Crippen molar-refractivity contribution in [1.82, 2.24) is 14.1 Å². The molecule has 0 fully saturated rings. The fourth-order valence-corrected chi connectivity index (χ4v) is 2.18. The highest BCUT2D eigenvalue weighted by Crippen LogP contribution is 2.16. The number of aryl methyl sites for hydroxylation is 1. The Morgan fingerprint density at radius 1 is 1.11 bits per heavy atom. The van der Waals surface area contributed by atoms with Gasteiger partial charge < -0.3 is 5.32 Å². The molecule has 0 saturated heterocycles. The second kappa shape index (κ2) is 4.28. The molecule has 1 aromatic carbocycles. The van der Waals surface area contributed by atoms with E-state index in [0.29, 0.717) is 5.82 Å². The Morgan fingerprint density at radius 3 is 2.47 bits per heavy atom. The maximum Gasteiger partial charge on any atom is 0.334 e. The number of rotatable bonds is 2. The van der Waals surface area contributed by atoms with Crippen LogP contribution in [-0.2, 0) is 7.05 Å². The average Bonchev–Trinajstić information content (AvgIpc) is 2.72. The zero-order valence-electron chi connectivity index (χ0n) is 10.8. The van der Waals surface area contributed by atoms with Gasteiger partial charge in [-0.15, -0.1) is 0 Å². The third-order valence-corrected chi connectivity index (χ3v) is 3.23. The summed E-state index contributed by atoms with van der Waals surface area (Å²) >= 11 is 0. The molecule has 0 spiro atoms. The van der Waals surface area contributed by atoms with Gasteiger partial charge in [0.25, 0.3) is 0 Å². The maximum atomic E-state index is 12.3. The molecule has 5 nitrogen and oxygen atoms in total. The first-order chi connectivity index (χ1) is 9.22. The second-order valence-corrected chi connectivity index (χ2v) is 4.32. The van der Waals surface area contributed by atoms with E-state index in [9.17, 15) is 4.79 Å². The van der Waals surface area contributed by atoms with E-state index >= 15 is 0 Å². The van der Waals surface area contributed by atoms with Crippen LogP contribution in [0.25, 0.3) is 16.9 Å². The number of nitrogens with one attached hydrogen (secondary N) is 1. The van der Waals surface area contributed by atoms with Crippen molar-refractivity contribution in [1.29, 1.82) is 0 Å². The van der Waals surface area contributed by atoms with Gasteiger partial charge in [0.1, 0.15) is 5.82 Å². The van der Waals surface area contributed by atoms with Crippen LogP contribution < -0.4 is 11.0 Å². The summed E-state index contributed by atoms with van der Waals surface area (Å²) in [6, 6.07) is 11.4. The number of imidazole rings is 1. The number of aromatic nitrogens is 3. The topological polar surface area (TPSA) is 51.9 Å². The van der Waals surface area contributed by atoms with E-state index in [1.54, 1.807) is 22.4 Å².